The SMILES string of the molecule is CC(C)NOc1ccc(Br)cc1C#N. The van der Waals surface area contributed by atoms with Gasteiger partial charge in [0.25, 0.3) is 0 Å². The van der Waals surface area contributed by atoms with Crippen LogP contribution in [-0.4, -0.2) is 6.04 Å². The van der Waals surface area contributed by atoms with E-state index in [2.05, 4.69) is 27.5 Å². The van der Waals surface area contributed by atoms with Crippen LogP contribution < -0.4 is 10.3 Å². The molecule has 0 amide bonds. The summed E-state index contributed by atoms with van der Waals surface area (Å²) in [6.07, 6.45) is 0. The lowest BCUT2D eigenvalue weighted by Gasteiger charge is -2.10. The lowest BCUT2D eigenvalue weighted by Crippen LogP contribution is -2.26. The first kappa shape index (κ1) is 11.0. The fourth-order valence-corrected chi connectivity index (χ4v) is 1.22. The van der Waals surface area contributed by atoms with Gasteiger partial charge in [0.05, 0.1) is 5.56 Å². The van der Waals surface area contributed by atoms with Crippen molar-refractivity contribution in [1.29, 1.82) is 5.26 Å². The zero-order valence-electron chi connectivity index (χ0n) is 8.04. The Morgan fingerprint density at radius 1 is 1.50 bits per heavy atom. The summed E-state index contributed by atoms with van der Waals surface area (Å²) in [5.74, 6) is 0.546. The average molecular weight is 255 g/mol. The first-order valence-corrected chi connectivity index (χ1v) is 5.05. The summed E-state index contributed by atoms with van der Waals surface area (Å²) >= 11 is 3.29. The van der Waals surface area contributed by atoms with E-state index in [-0.39, 0.29) is 6.04 Å². The van der Waals surface area contributed by atoms with Crippen LogP contribution in [0.2, 0.25) is 0 Å². The van der Waals surface area contributed by atoms with Crippen molar-refractivity contribution in [3.63, 3.8) is 0 Å². The minimum Gasteiger partial charge on any atom is -0.407 e. The Labute approximate surface area is 91.8 Å². The Morgan fingerprint density at radius 3 is 2.79 bits per heavy atom. The number of hydroxylamine groups is 1. The molecule has 1 aromatic rings. The lowest BCUT2D eigenvalue weighted by molar-refractivity contribution is 0.168. The summed E-state index contributed by atoms with van der Waals surface area (Å²) in [6.45, 7) is 3.93. The van der Waals surface area contributed by atoms with Gasteiger partial charge in [0.1, 0.15) is 6.07 Å². The van der Waals surface area contributed by atoms with E-state index in [0.29, 0.717) is 11.3 Å². The summed E-state index contributed by atoms with van der Waals surface area (Å²) in [6, 6.07) is 7.58. The number of nitrogens with zero attached hydrogens (tertiary/aromatic N) is 1. The molecule has 0 saturated heterocycles. The van der Waals surface area contributed by atoms with Crippen molar-refractivity contribution in [2.45, 2.75) is 19.9 Å². The van der Waals surface area contributed by atoms with E-state index in [4.69, 9.17) is 10.1 Å². The van der Waals surface area contributed by atoms with Crippen molar-refractivity contribution in [2.75, 3.05) is 0 Å². The zero-order chi connectivity index (χ0) is 10.6. The van der Waals surface area contributed by atoms with Gasteiger partial charge in [-0.25, -0.2) is 0 Å². The Hall–Kier alpha value is -1.05. The van der Waals surface area contributed by atoms with Gasteiger partial charge in [0.2, 0.25) is 0 Å². The van der Waals surface area contributed by atoms with Crippen LogP contribution in [0.3, 0.4) is 0 Å². The molecular formula is C10H11BrN2O. The highest BCUT2D eigenvalue weighted by Crippen LogP contribution is 2.21. The van der Waals surface area contributed by atoms with Crippen molar-refractivity contribution < 1.29 is 4.84 Å². The summed E-state index contributed by atoms with van der Waals surface area (Å²) in [4.78, 5) is 5.25. The maximum absolute atomic E-state index is 8.83. The van der Waals surface area contributed by atoms with Gasteiger partial charge in [0, 0.05) is 10.5 Å². The highest BCUT2D eigenvalue weighted by Gasteiger charge is 2.04. The smallest absolute Gasteiger partial charge is 0.164 e. The first-order chi connectivity index (χ1) is 6.63. The molecule has 0 heterocycles. The quantitative estimate of drug-likeness (QED) is 0.844. The number of hydrogen-bond donors (Lipinski definition) is 1. The molecule has 14 heavy (non-hydrogen) atoms. The second-order valence-electron chi connectivity index (χ2n) is 3.13. The van der Waals surface area contributed by atoms with E-state index in [9.17, 15) is 0 Å². The molecule has 4 heteroatoms. The second kappa shape index (κ2) is 4.99. The van der Waals surface area contributed by atoms with Crippen LogP contribution in [0, 0.1) is 11.3 Å². The number of nitriles is 1. The van der Waals surface area contributed by atoms with E-state index in [1.807, 2.05) is 19.9 Å². The van der Waals surface area contributed by atoms with Gasteiger partial charge in [0.15, 0.2) is 5.75 Å². The number of nitrogens with one attached hydrogen (secondary N) is 1. The number of halogens is 1. The molecule has 0 fully saturated rings. The van der Waals surface area contributed by atoms with Gasteiger partial charge in [-0.3, -0.25) is 0 Å². The predicted molar refractivity (Wildman–Crippen MR) is 57.8 cm³/mol. The molecule has 1 N–H and O–H groups in total. The summed E-state index contributed by atoms with van der Waals surface area (Å²) in [5.41, 5.74) is 3.30. The fraction of sp³-hybridized carbons (Fsp3) is 0.300. The third-order valence-electron chi connectivity index (χ3n) is 1.47. The van der Waals surface area contributed by atoms with Crippen LogP contribution in [0.15, 0.2) is 22.7 Å². The first-order valence-electron chi connectivity index (χ1n) is 4.25. The molecule has 0 saturated carbocycles. The maximum Gasteiger partial charge on any atom is 0.164 e. The summed E-state index contributed by atoms with van der Waals surface area (Å²) in [7, 11) is 0. The maximum atomic E-state index is 8.83. The topological polar surface area (TPSA) is 45.0 Å². The van der Waals surface area contributed by atoms with Gasteiger partial charge in [-0.05, 0) is 32.0 Å². The van der Waals surface area contributed by atoms with Crippen LogP contribution in [0.5, 0.6) is 5.75 Å². The Balaban J connectivity index is 2.82. The Morgan fingerprint density at radius 2 is 2.21 bits per heavy atom. The predicted octanol–water partition coefficient (Wildman–Crippen LogP) is 2.61. The zero-order valence-corrected chi connectivity index (χ0v) is 9.63. The third kappa shape index (κ3) is 3.02. The number of hydrogen-bond acceptors (Lipinski definition) is 3. The molecule has 0 aliphatic rings. The van der Waals surface area contributed by atoms with Crippen molar-refractivity contribution in [2.24, 2.45) is 0 Å². The molecule has 0 unspecified atom stereocenters. The van der Waals surface area contributed by atoms with Crippen LogP contribution in [0.25, 0.3) is 0 Å². The molecule has 3 nitrogen and oxygen atoms in total. The van der Waals surface area contributed by atoms with Crippen molar-refractivity contribution in [3.8, 4) is 11.8 Å². The molecule has 0 radical (unpaired) electrons. The van der Waals surface area contributed by atoms with Gasteiger partial charge < -0.3 is 4.84 Å². The molecule has 1 aromatic carbocycles. The van der Waals surface area contributed by atoms with Gasteiger partial charge in [-0.15, -0.1) is 0 Å². The van der Waals surface area contributed by atoms with Crippen molar-refractivity contribution >= 4 is 15.9 Å². The van der Waals surface area contributed by atoms with E-state index >= 15 is 0 Å². The summed E-state index contributed by atoms with van der Waals surface area (Å²) < 4.78 is 0.867. The lowest BCUT2D eigenvalue weighted by atomic mass is 10.2. The molecule has 1 rings (SSSR count). The van der Waals surface area contributed by atoms with E-state index in [1.165, 1.54) is 0 Å². The minimum atomic E-state index is 0.213. The highest BCUT2D eigenvalue weighted by atomic mass is 79.9. The van der Waals surface area contributed by atoms with Gasteiger partial charge >= 0.3 is 0 Å². The third-order valence-corrected chi connectivity index (χ3v) is 1.96. The highest BCUT2D eigenvalue weighted by molar-refractivity contribution is 9.10. The molecule has 0 aliphatic heterocycles. The largest absolute Gasteiger partial charge is 0.407 e. The number of rotatable bonds is 3. The second-order valence-corrected chi connectivity index (χ2v) is 4.04. The van der Waals surface area contributed by atoms with Crippen molar-refractivity contribution in [3.05, 3.63) is 28.2 Å². The normalized spacial score (nSPS) is 9.93. The Bertz CT molecular complexity index is 358. The Kier molecular flexibility index (Phi) is 3.93. The number of benzene rings is 1. The molecule has 0 aromatic heterocycles. The molecular weight excluding hydrogens is 244 g/mol. The monoisotopic (exact) mass is 254 g/mol. The fourth-order valence-electron chi connectivity index (χ4n) is 0.860. The molecule has 0 spiro atoms. The molecule has 74 valence electrons. The standard InChI is InChI=1S/C10H11BrN2O/c1-7(2)13-14-10-4-3-9(11)5-8(10)6-12/h3-5,7,13H,1-2H3. The van der Waals surface area contributed by atoms with E-state index < -0.39 is 0 Å². The van der Waals surface area contributed by atoms with Crippen LogP contribution >= 0.6 is 15.9 Å². The molecule has 0 aliphatic carbocycles. The van der Waals surface area contributed by atoms with Gasteiger partial charge in [-0.1, -0.05) is 15.9 Å². The van der Waals surface area contributed by atoms with Crippen LogP contribution in [0.1, 0.15) is 19.4 Å². The van der Waals surface area contributed by atoms with Crippen LogP contribution in [-0.2, 0) is 0 Å². The minimum absolute atomic E-state index is 0.213. The van der Waals surface area contributed by atoms with Crippen LogP contribution in [0.4, 0.5) is 0 Å². The summed E-state index contributed by atoms with van der Waals surface area (Å²) in [5, 5.41) is 8.83. The van der Waals surface area contributed by atoms with E-state index in [0.717, 1.165) is 4.47 Å². The molecule has 0 bridgehead atoms. The average Bonchev–Trinajstić information content (AvgIpc) is 2.15. The van der Waals surface area contributed by atoms with E-state index in [1.54, 1.807) is 12.1 Å². The molecule has 0 atom stereocenters. The van der Waals surface area contributed by atoms with Crippen molar-refractivity contribution in [1.82, 2.24) is 5.48 Å². The van der Waals surface area contributed by atoms with Gasteiger partial charge in [-0.2, -0.15) is 10.7 Å².